The molecule has 0 amide bonds. The number of nitrogens with zero attached hydrogens (tertiary/aromatic N) is 1. The smallest absolute Gasteiger partial charge is 0.330 e. The van der Waals surface area contributed by atoms with Crippen LogP contribution in [0.4, 0.5) is 5.69 Å². The predicted molar refractivity (Wildman–Crippen MR) is 119 cm³/mol. The van der Waals surface area contributed by atoms with Gasteiger partial charge >= 0.3 is 5.97 Å². The molecule has 0 aliphatic carbocycles. The first-order valence-corrected chi connectivity index (χ1v) is 9.77. The van der Waals surface area contributed by atoms with Crippen molar-refractivity contribution in [3.8, 4) is 5.75 Å². The van der Waals surface area contributed by atoms with Crippen molar-refractivity contribution in [3.63, 3.8) is 0 Å². The first kappa shape index (κ1) is 21.8. The molecule has 0 radical (unpaired) electrons. The lowest BCUT2D eigenvalue weighted by atomic mass is 9.97. The van der Waals surface area contributed by atoms with Crippen LogP contribution in [0, 0.1) is 5.41 Å². The third-order valence-electron chi connectivity index (χ3n) is 4.71. The number of nitrogens with one attached hydrogen (secondary N) is 2. The maximum Gasteiger partial charge on any atom is 0.330 e. The average Bonchev–Trinajstić information content (AvgIpc) is 2.77. The monoisotopic (exact) mass is 419 g/mol. The number of rotatable bonds is 9. The van der Waals surface area contributed by atoms with Crippen molar-refractivity contribution in [2.75, 3.05) is 11.9 Å². The van der Waals surface area contributed by atoms with Crippen LogP contribution in [0.3, 0.4) is 0 Å². The van der Waals surface area contributed by atoms with Crippen LogP contribution in [0.25, 0.3) is 0 Å². The molecular formula is C23H25N5O3. The number of amidine groups is 1. The van der Waals surface area contributed by atoms with Crippen molar-refractivity contribution in [3.05, 3.63) is 89.2 Å². The molecule has 3 aromatic rings. The van der Waals surface area contributed by atoms with Gasteiger partial charge in [-0.2, -0.15) is 0 Å². The topological polar surface area (TPSA) is 147 Å². The standard InChI is InChI=1S/C23H25N5O3/c1-2-31-18-12-15(20(24)19-5-3-4-10-27-19)11-16(13-18)21(23(29)30)28-17-8-6-14(7-9-17)22(25)26/h3-13,20-21,28H,2,24H2,1H3,(H3,25,26)(H,29,30). The van der Waals surface area contributed by atoms with E-state index in [4.69, 9.17) is 21.6 Å². The number of carboxylic acids is 1. The Kier molecular flexibility index (Phi) is 6.84. The fraction of sp³-hybridized carbons (Fsp3) is 0.174. The molecule has 1 heterocycles. The highest BCUT2D eigenvalue weighted by Crippen LogP contribution is 2.29. The summed E-state index contributed by atoms with van der Waals surface area (Å²) in [7, 11) is 0. The number of carboxylic acid groups (broad SMARTS) is 1. The van der Waals surface area contributed by atoms with E-state index in [-0.39, 0.29) is 5.84 Å². The molecule has 0 aliphatic rings. The Morgan fingerprint density at radius 1 is 1.16 bits per heavy atom. The van der Waals surface area contributed by atoms with E-state index >= 15 is 0 Å². The van der Waals surface area contributed by atoms with Crippen molar-refractivity contribution in [2.24, 2.45) is 11.5 Å². The van der Waals surface area contributed by atoms with E-state index in [1.165, 1.54) is 0 Å². The number of benzene rings is 2. The molecule has 7 N–H and O–H groups in total. The summed E-state index contributed by atoms with van der Waals surface area (Å²) in [4.78, 5) is 16.4. The van der Waals surface area contributed by atoms with Crippen molar-refractivity contribution in [2.45, 2.75) is 19.0 Å². The van der Waals surface area contributed by atoms with Gasteiger partial charge in [0.25, 0.3) is 0 Å². The second kappa shape index (κ2) is 9.73. The van der Waals surface area contributed by atoms with Crippen molar-refractivity contribution >= 4 is 17.5 Å². The van der Waals surface area contributed by atoms with Gasteiger partial charge in [-0.1, -0.05) is 12.1 Å². The van der Waals surface area contributed by atoms with Crippen molar-refractivity contribution in [1.29, 1.82) is 5.41 Å². The molecule has 2 unspecified atom stereocenters. The highest BCUT2D eigenvalue weighted by molar-refractivity contribution is 5.95. The highest BCUT2D eigenvalue weighted by atomic mass is 16.5. The fourth-order valence-electron chi connectivity index (χ4n) is 3.17. The van der Waals surface area contributed by atoms with Crippen LogP contribution in [-0.4, -0.2) is 28.5 Å². The van der Waals surface area contributed by atoms with Crippen LogP contribution < -0.4 is 21.5 Å². The molecule has 8 heteroatoms. The average molecular weight is 419 g/mol. The minimum Gasteiger partial charge on any atom is -0.494 e. The number of pyridine rings is 1. The van der Waals surface area contributed by atoms with Gasteiger partial charge in [0.05, 0.1) is 18.3 Å². The zero-order valence-electron chi connectivity index (χ0n) is 17.1. The van der Waals surface area contributed by atoms with Crippen LogP contribution in [0.15, 0.2) is 66.9 Å². The van der Waals surface area contributed by atoms with Gasteiger partial charge in [-0.05, 0) is 66.6 Å². The summed E-state index contributed by atoms with van der Waals surface area (Å²) < 4.78 is 5.66. The third kappa shape index (κ3) is 5.37. The van der Waals surface area contributed by atoms with E-state index in [1.54, 1.807) is 54.7 Å². The molecule has 0 bridgehead atoms. The highest BCUT2D eigenvalue weighted by Gasteiger charge is 2.23. The number of carbonyl (C=O) groups is 1. The lowest BCUT2D eigenvalue weighted by Crippen LogP contribution is -2.22. The molecule has 0 saturated heterocycles. The molecule has 8 nitrogen and oxygen atoms in total. The zero-order chi connectivity index (χ0) is 22.4. The van der Waals surface area contributed by atoms with Gasteiger partial charge in [-0.3, -0.25) is 10.4 Å². The van der Waals surface area contributed by atoms with Gasteiger partial charge in [0.15, 0.2) is 6.04 Å². The SMILES string of the molecule is CCOc1cc(C(Nc2ccc(C(=N)N)cc2)C(=O)O)cc(C(N)c2ccccn2)c1. The Hall–Kier alpha value is -3.91. The minimum atomic E-state index is -1.05. The summed E-state index contributed by atoms with van der Waals surface area (Å²) in [6.07, 6.45) is 1.66. The zero-order valence-corrected chi connectivity index (χ0v) is 17.1. The summed E-state index contributed by atoms with van der Waals surface area (Å²) in [5.74, 6) is -0.582. The van der Waals surface area contributed by atoms with E-state index in [0.717, 1.165) is 0 Å². The first-order valence-electron chi connectivity index (χ1n) is 9.77. The normalized spacial score (nSPS) is 12.6. The number of hydrogen-bond donors (Lipinski definition) is 5. The Morgan fingerprint density at radius 3 is 2.45 bits per heavy atom. The summed E-state index contributed by atoms with van der Waals surface area (Å²) >= 11 is 0. The number of aromatic nitrogens is 1. The Morgan fingerprint density at radius 2 is 1.87 bits per heavy atom. The minimum absolute atomic E-state index is 0.0566. The van der Waals surface area contributed by atoms with Gasteiger partial charge in [0, 0.05) is 17.4 Å². The van der Waals surface area contributed by atoms with Gasteiger partial charge in [-0.25, -0.2) is 4.79 Å². The molecular weight excluding hydrogens is 394 g/mol. The van der Waals surface area contributed by atoms with Crippen LogP contribution in [0.5, 0.6) is 5.75 Å². The Labute approximate surface area is 180 Å². The van der Waals surface area contributed by atoms with E-state index in [1.807, 2.05) is 19.1 Å². The fourth-order valence-corrected chi connectivity index (χ4v) is 3.17. The summed E-state index contributed by atoms with van der Waals surface area (Å²) in [5, 5.41) is 20.4. The number of aliphatic carboxylic acids is 1. The Bertz CT molecular complexity index is 1050. The van der Waals surface area contributed by atoms with Gasteiger partial charge in [-0.15, -0.1) is 0 Å². The molecule has 2 atom stereocenters. The molecule has 3 rings (SSSR count). The second-order valence-corrected chi connectivity index (χ2v) is 6.91. The largest absolute Gasteiger partial charge is 0.494 e. The quantitative estimate of drug-likeness (QED) is 0.264. The van der Waals surface area contributed by atoms with E-state index in [2.05, 4.69) is 10.3 Å². The van der Waals surface area contributed by atoms with E-state index < -0.39 is 18.1 Å². The lowest BCUT2D eigenvalue weighted by Gasteiger charge is -2.20. The van der Waals surface area contributed by atoms with Crippen LogP contribution >= 0.6 is 0 Å². The van der Waals surface area contributed by atoms with Crippen LogP contribution in [-0.2, 0) is 4.79 Å². The molecule has 0 spiro atoms. The second-order valence-electron chi connectivity index (χ2n) is 6.91. The molecule has 160 valence electrons. The number of anilines is 1. The molecule has 0 fully saturated rings. The Balaban J connectivity index is 1.97. The molecule has 2 aromatic carbocycles. The number of ether oxygens (including phenoxy) is 1. The van der Waals surface area contributed by atoms with E-state index in [9.17, 15) is 9.90 Å². The van der Waals surface area contributed by atoms with Crippen LogP contribution in [0.1, 0.15) is 41.4 Å². The number of nitrogen functional groups attached to an aromatic ring is 1. The molecule has 0 aliphatic heterocycles. The predicted octanol–water partition coefficient (Wildman–Crippen LogP) is 3.05. The lowest BCUT2D eigenvalue weighted by molar-refractivity contribution is -0.138. The number of hydrogen-bond acceptors (Lipinski definition) is 6. The van der Waals surface area contributed by atoms with Gasteiger partial charge < -0.3 is 26.6 Å². The van der Waals surface area contributed by atoms with E-state index in [0.29, 0.717) is 40.4 Å². The maximum absolute atomic E-state index is 12.1. The van der Waals surface area contributed by atoms with Gasteiger partial charge in [0.1, 0.15) is 11.6 Å². The third-order valence-corrected chi connectivity index (χ3v) is 4.71. The molecule has 0 saturated carbocycles. The van der Waals surface area contributed by atoms with Crippen molar-refractivity contribution in [1.82, 2.24) is 4.98 Å². The molecule has 1 aromatic heterocycles. The molecule has 31 heavy (non-hydrogen) atoms. The van der Waals surface area contributed by atoms with Crippen molar-refractivity contribution < 1.29 is 14.6 Å². The first-order chi connectivity index (χ1) is 14.9. The summed E-state index contributed by atoms with van der Waals surface area (Å²) in [5.41, 5.74) is 14.9. The summed E-state index contributed by atoms with van der Waals surface area (Å²) in [6.45, 7) is 2.29. The van der Waals surface area contributed by atoms with Gasteiger partial charge in [0.2, 0.25) is 0 Å². The maximum atomic E-state index is 12.1. The summed E-state index contributed by atoms with van der Waals surface area (Å²) in [6, 6.07) is 15.8. The van der Waals surface area contributed by atoms with Crippen LogP contribution in [0.2, 0.25) is 0 Å². The number of nitrogens with two attached hydrogens (primary N) is 2.